The van der Waals surface area contributed by atoms with Gasteiger partial charge in [0, 0.05) is 5.92 Å². The molecule has 1 aromatic rings. The number of hydrogen-bond acceptors (Lipinski definition) is 3. The molecule has 0 aliphatic heterocycles. The van der Waals surface area contributed by atoms with E-state index in [-0.39, 0.29) is 11.8 Å². The van der Waals surface area contributed by atoms with E-state index in [2.05, 4.69) is 17.5 Å². The third-order valence-corrected chi connectivity index (χ3v) is 3.57. The topological polar surface area (TPSA) is 54.6 Å². The Morgan fingerprint density at radius 2 is 2.37 bits per heavy atom. The molecule has 0 unspecified atom stereocenters. The lowest BCUT2D eigenvalue weighted by atomic mass is 10.1. The fraction of sp³-hybridized carbons (Fsp3) is 0.600. The molecule has 1 aliphatic carbocycles. The summed E-state index contributed by atoms with van der Waals surface area (Å²) in [7, 11) is 0. The summed E-state index contributed by atoms with van der Waals surface area (Å²) in [6.07, 6.45) is 7.47. The first kappa shape index (κ1) is 13.8. The number of nitrogens with one attached hydrogen (secondary N) is 1. The average Bonchev–Trinajstić information content (AvgIpc) is 3.05. The zero-order valence-electron chi connectivity index (χ0n) is 11.7. The summed E-state index contributed by atoms with van der Waals surface area (Å²) in [6.45, 7) is 4.07. The minimum Gasteiger partial charge on any atom is -0.460 e. The summed E-state index contributed by atoms with van der Waals surface area (Å²) < 4.78 is 5.33. The van der Waals surface area contributed by atoms with Gasteiger partial charge in [0.05, 0.1) is 6.21 Å². The SMILES string of the molecule is CCCCC[C@@H]1C[C@@H]1C(=O)N/N=C\c1ccc(C)o1. The molecule has 2 rings (SSSR count). The molecule has 0 spiro atoms. The van der Waals surface area contributed by atoms with Crippen molar-refractivity contribution in [3.8, 4) is 0 Å². The predicted molar refractivity (Wildman–Crippen MR) is 74.9 cm³/mol. The Hall–Kier alpha value is -1.58. The highest BCUT2D eigenvalue weighted by Gasteiger charge is 2.41. The molecule has 104 valence electrons. The second-order valence-electron chi connectivity index (χ2n) is 5.28. The summed E-state index contributed by atoms with van der Waals surface area (Å²) in [6, 6.07) is 3.70. The number of hydrogen-bond donors (Lipinski definition) is 1. The number of amides is 1. The van der Waals surface area contributed by atoms with Crippen LogP contribution in [0.3, 0.4) is 0 Å². The van der Waals surface area contributed by atoms with Crippen molar-refractivity contribution in [3.63, 3.8) is 0 Å². The minimum absolute atomic E-state index is 0.0426. The van der Waals surface area contributed by atoms with Crippen LogP contribution in [-0.4, -0.2) is 12.1 Å². The highest BCUT2D eigenvalue weighted by atomic mass is 16.3. The number of rotatable bonds is 7. The predicted octanol–water partition coefficient (Wildman–Crippen LogP) is 3.25. The van der Waals surface area contributed by atoms with Crippen LogP contribution in [0.2, 0.25) is 0 Å². The maximum atomic E-state index is 11.8. The first-order valence-corrected chi connectivity index (χ1v) is 7.10. The molecule has 0 bridgehead atoms. The smallest absolute Gasteiger partial charge is 0.243 e. The molecule has 1 heterocycles. The summed E-state index contributed by atoms with van der Waals surface area (Å²) in [5.41, 5.74) is 2.59. The molecular formula is C15H22N2O2. The molecule has 1 saturated carbocycles. The molecule has 2 atom stereocenters. The van der Waals surface area contributed by atoms with E-state index in [0.29, 0.717) is 11.7 Å². The number of unbranched alkanes of at least 4 members (excludes halogenated alkanes) is 2. The molecule has 0 aromatic carbocycles. The summed E-state index contributed by atoms with van der Waals surface area (Å²) >= 11 is 0. The van der Waals surface area contributed by atoms with Crippen molar-refractivity contribution in [1.29, 1.82) is 0 Å². The number of aryl methyl sites for hydroxylation is 1. The van der Waals surface area contributed by atoms with E-state index in [1.807, 2.05) is 19.1 Å². The first-order chi connectivity index (χ1) is 9.20. The van der Waals surface area contributed by atoms with Crippen LogP contribution in [0.25, 0.3) is 0 Å². The van der Waals surface area contributed by atoms with Gasteiger partial charge in [-0.15, -0.1) is 0 Å². The second kappa shape index (κ2) is 6.55. The van der Waals surface area contributed by atoms with E-state index in [0.717, 1.165) is 12.2 Å². The van der Waals surface area contributed by atoms with Crippen molar-refractivity contribution in [1.82, 2.24) is 5.43 Å². The number of carbonyl (C=O) groups excluding carboxylic acids is 1. The van der Waals surface area contributed by atoms with Crippen molar-refractivity contribution in [2.24, 2.45) is 16.9 Å². The van der Waals surface area contributed by atoms with Crippen molar-refractivity contribution in [3.05, 3.63) is 23.7 Å². The van der Waals surface area contributed by atoms with Gasteiger partial charge < -0.3 is 4.42 Å². The standard InChI is InChI=1S/C15H22N2O2/c1-3-4-5-6-12-9-14(12)15(18)17-16-10-13-8-7-11(2)19-13/h7-8,10,12,14H,3-6,9H2,1-2H3,(H,17,18)/b16-10-/t12-,14+/m1/s1. The van der Waals surface area contributed by atoms with E-state index >= 15 is 0 Å². The van der Waals surface area contributed by atoms with Gasteiger partial charge >= 0.3 is 0 Å². The number of hydrazone groups is 1. The van der Waals surface area contributed by atoms with Crippen LogP contribution in [0.15, 0.2) is 21.7 Å². The zero-order valence-corrected chi connectivity index (χ0v) is 11.7. The lowest BCUT2D eigenvalue weighted by Gasteiger charge is -1.99. The van der Waals surface area contributed by atoms with E-state index in [9.17, 15) is 4.79 Å². The van der Waals surface area contributed by atoms with Crippen LogP contribution in [0.5, 0.6) is 0 Å². The Morgan fingerprint density at radius 1 is 1.53 bits per heavy atom. The van der Waals surface area contributed by atoms with Gasteiger partial charge in [0.1, 0.15) is 11.5 Å². The Kier molecular flexibility index (Phi) is 4.77. The Labute approximate surface area is 114 Å². The largest absolute Gasteiger partial charge is 0.460 e. The Morgan fingerprint density at radius 3 is 3.05 bits per heavy atom. The van der Waals surface area contributed by atoms with Crippen molar-refractivity contribution < 1.29 is 9.21 Å². The highest BCUT2D eigenvalue weighted by molar-refractivity contribution is 5.83. The summed E-state index contributed by atoms with van der Waals surface area (Å²) in [4.78, 5) is 11.8. The molecular weight excluding hydrogens is 240 g/mol. The van der Waals surface area contributed by atoms with Crippen LogP contribution < -0.4 is 5.43 Å². The molecule has 1 N–H and O–H groups in total. The fourth-order valence-corrected chi connectivity index (χ4v) is 2.31. The third kappa shape index (κ3) is 4.23. The normalized spacial score (nSPS) is 21.8. The molecule has 1 aliphatic rings. The van der Waals surface area contributed by atoms with Crippen molar-refractivity contribution >= 4 is 12.1 Å². The van der Waals surface area contributed by atoms with Gasteiger partial charge in [-0.05, 0) is 37.8 Å². The number of nitrogens with zero attached hydrogens (tertiary/aromatic N) is 1. The van der Waals surface area contributed by atoms with Gasteiger partial charge in [-0.2, -0.15) is 5.10 Å². The van der Waals surface area contributed by atoms with Gasteiger partial charge in [0.25, 0.3) is 0 Å². The van der Waals surface area contributed by atoms with E-state index in [1.54, 1.807) is 6.21 Å². The maximum absolute atomic E-state index is 11.8. The highest BCUT2D eigenvalue weighted by Crippen LogP contribution is 2.42. The third-order valence-electron chi connectivity index (χ3n) is 3.57. The molecule has 0 radical (unpaired) electrons. The van der Waals surface area contributed by atoms with E-state index in [4.69, 9.17) is 4.42 Å². The maximum Gasteiger partial charge on any atom is 0.243 e. The monoisotopic (exact) mass is 262 g/mol. The van der Waals surface area contributed by atoms with E-state index < -0.39 is 0 Å². The van der Waals surface area contributed by atoms with E-state index in [1.165, 1.54) is 25.7 Å². The van der Waals surface area contributed by atoms with Gasteiger partial charge in [0.15, 0.2) is 0 Å². The molecule has 19 heavy (non-hydrogen) atoms. The first-order valence-electron chi connectivity index (χ1n) is 7.10. The van der Waals surface area contributed by atoms with Gasteiger partial charge in [-0.1, -0.05) is 26.2 Å². The average molecular weight is 262 g/mol. The van der Waals surface area contributed by atoms with Gasteiger partial charge in [0.2, 0.25) is 5.91 Å². The Balaban J connectivity index is 1.67. The van der Waals surface area contributed by atoms with Crippen molar-refractivity contribution in [2.75, 3.05) is 0 Å². The van der Waals surface area contributed by atoms with Crippen LogP contribution in [-0.2, 0) is 4.79 Å². The molecule has 1 aromatic heterocycles. The summed E-state index contributed by atoms with van der Waals surface area (Å²) in [5.74, 6) is 2.29. The van der Waals surface area contributed by atoms with Crippen molar-refractivity contribution in [2.45, 2.75) is 46.0 Å². The fourth-order valence-electron chi connectivity index (χ4n) is 2.31. The van der Waals surface area contributed by atoms with Crippen LogP contribution >= 0.6 is 0 Å². The quantitative estimate of drug-likeness (QED) is 0.466. The lowest BCUT2D eigenvalue weighted by Crippen LogP contribution is -2.20. The zero-order chi connectivity index (χ0) is 13.7. The molecule has 1 fully saturated rings. The summed E-state index contributed by atoms with van der Waals surface area (Å²) in [5, 5.41) is 3.93. The minimum atomic E-state index is 0.0426. The number of carbonyl (C=O) groups is 1. The molecule has 1 amide bonds. The lowest BCUT2D eigenvalue weighted by molar-refractivity contribution is -0.122. The second-order valence-corrected chi connectivity index (χ2v) is 5.28. The van der Waals surface area contributed by atoms with Crippen LogP contribution in [0, 0.1) is 18.8 Å². The number of furan rings is 1. The Bertz CT molecular complexity index is 451. The molecule has 4 heteroatoms. The van der Waals surface area contributed by atoms with Crippen LogP contribution in [0.1, 0.15) is 50.5 Å². The van der Waals surface area contributed by atoms with Crippen LogP contribution in [0.4, 0.5) is 0 Å². The van der Waals surface area contributed by atoms with Gasteiger partial charge in [-0.3, -0.25) is 4.79 Å². The molecule has 4 nitrogen and oxygen atoms in total. The molecule has 0 saturated heterocycles. The van der Waals surface area contributed by atoms with Gasteiger partial charge in [-0.25, -0.2) is 5.43 Å².